The lowest BCUT2D eigenvalue weighted by Crippen LogP contribution is -2.47. The highest BCUT2D eigenvalue weighted by molar-refractivity contribution is 5.37. The maximum absolute atomic E-state index is 2.61. The molecular formula is C15H26. The van der Waals surface area contributed by atoms with Crippen LogP contribution in [-0.4, -0.2) is 0 Å². The zero-order valence-corrected chi connectivity index (χ0v) is 11.0. The van der Waals surface area contributed by atoms with Gasteiger partial charge in [-0.1, -0.05) is 47.5 Å². The van der Waals surface area contributed by atoms with E-state index in [-0.39, 0.29) is 0 Å². The minimum Gasteiger partial charge on any atom is -0.0651 e. The summed E-state index contributed by atoms with van der Waals surface area (Å²) in [4.78, 5) is 0. The van der Waals surface area contributed by atoms with Crippen molar-refractivity contribution in [3.05, 3.63) is 0 Å². The first-order valence-corrected chi connectivity index (χ1v) is 7.05. The molecule has 7 atom stereocenters. The van der Waals surface area contributed by atoms with Gasteiger partial charge < -0.3 is 0 Å². The van der Waals surface area contributed by atoms with E-state index < -0.39 is 0 Å². The van der Waals surface area contributed by atoms with Gasteiger partial charge in [0, 0.05) is 0 Å². The van der Waals surface area contributed by atoms with Crippen LogP contribution in [0.3, 0.4) is 0 Å². The first-order valence-electron chi connectivity index (χ1n) is 7.05. The molecule has 0 radical (unpaired) electrons. The van der Waals surface area contributed by atoms with Gasteiger partial charge in [-0.05, 0) is 46.8 Å². The number of fused-ring (bicyclic) bond motifs is 1. The fraction of sp³-hybridized carbons (Fsp3) is 1.00. The van der Waals surface area contributed by atoms with Gasteiger partial charge in [0.05, 0.1) is 0 Å². The molecule has 86 valence electrons. The summed E-state index contributed by atoms with van der Waals surface area (Å²) in [6, 6.07) is 0. The highest BCUT2D eigenvalue weighted by Crippen LogP contribution is 2.94. The van der Waals surface area contributed by atoms with Gasteiger partial charge in [-0.3, -0.25) is 0 Å². The molecule has 0 aromatic carbocycles. The van der Waals surface area contributed by atoms with Gasteiger partial charge in [0.2, 0.25) is 0 Å². The lowest BCUT2D eigenvalue weighted by Gasteiger charge is -2.52. The van der Waals surface area contributed by atoms with Crippen molar-refractivity contribution in [2.75, 3.05) is 0 Å². The number of rotatable bonds is 3. The second kappa shape index (κ2) is 2.63. The summed E-state index contributed by atoms with van der Waals surface area (Å²) in [6.07, 6.45) is 4.37. The van der Waals surface area contributed by atoms with Crippen LogP contribution in [0.1, 0.15) is 53.9 Å². The molecule has 0 aromatic heterocycles. The third-order valence-corrected chi connectivity index (χ3v) is 7.01. The fourth-order valence-corrected chi connectivity index (χ4v) is 6.55. The molecule has 0 aromatic rings. The Balaban J connectivity index is 1.91. The molecule has 0 heteroatoms. The van der Waals surface area contributed by atoms with Crippen LogP contribution in [0.4, 0.5) is 0 Å². The molecule has 3 aliphatic rings. The Morgan fingerprint density at radius 3 is 2.40 bits per heavy atom. The van der Waals surface area contributed by atoms with Crippen LogP contribution in [0.15, 0.2) is 0 Å². The molecule has 3 saturated carbocycles. The minimum atomic E-state index is 0.757. The average Bonchev–Trinajstić information content (AvgIpc) is 2.56. The Hall–Kier alpha value is 0. The molecule has 0 bridgehead atoms. The van der Waals surface area contributed by atoms with E-state index in [2.05, 4.69) is 34.6 Å². The molecule has 3 aliphatic carbocycles. The topological polar surface area (TPSA) is 0 Å². The van der Waals surface area contributed by atoms with Crippen LogP contribution in [0.2, 0.25) is 0 Å². The molecule has 3 rings (SSSR count). The summed E-state index contributed by atoms with van der Waals surface area (Å²) >= 11 is 0. The van der Waals surface area contributed by atoms with E-state index in [9.17, 15) is 0 Å². The van der Waals surface area contributed by atoms with E-state index >= 15 is 0 Å². The van der Waals surface area contributed by atoms with Crippen molar-refractivity contribution >= 4 is 0 Å². The van der Waals surface area contributed by atoms with E-state index in [0.717, 1.165) is 40.4 Å². The molecule has 15 heavy (non-hydrogen) atoms. The molecule has 0 heterocycles. The van der Waals surface area contributed by atoms with Crippen LogP contribution in [0.5, 0.6) is 0 Å². The summed E-state index contributed by atoms with van der Waals surface area (Å²) in [5, 5.41) is 0. The Morgan fingerprint density at radius 1 is 1.33 bits per heavy atom. The van der Waals surface area contributed by atoms with Crippen molar-refractivity contribution in [2.24, 2.45) is 40.4 Å². The highest BCUT2D eigenvalue weighted by atomic mass is 14.9. The molecule has 3 fully saturated rings. The van der Waals surface area contributed by atoms with Gasteiger partial charge in [-0.2, -0.15) is 0 Å². The van der Waals surface area contributed by atoms with Crippen LogP contribution in [-0.2, 0) is 0 Å². The second-order valence-electron chi connectivity index (χ2n) is 6.88. The van der Waals surface area contributed by atoms with Gasteiger partial charge in [-0.15, -0.1) is 0 Å². The van der Waals surface area contributed by atoms with Crippen LogP contribution in [0, 0.1) is 40.4 Å². The molecular weight excluding hydrogens is 180 g/mol. The third-order valence-electron chi connectivity index (χ3n) is 7.01. The Morgan fingerprint density at radius 2 is 2.00 bits per heavy atom. The van der Waals surface area contributed by atoms with E-state index in [4.69, 9.17) is 0 Å². The molecule has 7 unspecified atom stereocenters. The van der Waals surface area contributed by atoms with E-state index in [0.29, 0.717) is 0 Å². The summed E-state index contributed by atoms with van der Waals surface area (Å²) in [6.45, 7) is 12.5. The summed E-state index contributed by atoms with van der Waals surface area (Å²) < 4.78 is 0. The summed E-state index contributed by atoms with van der Waals surface area (Å²) in [5.74, 6) is 5.30. The monoisotopic (exact) mass is 206 g/mol. The van der Waals surface area contributed by atoms with Gasteiger partial charge in [-0.25, -0.2) is 0 Å². The van der Waals surface area contributed by atoms with Crippen LogP contribution >= 0.6 is 0 Å². The maximum atomic E-state index is 2.61. The average molecular weight is 206 g/mol. The summed E-state index contributed by atoms with van der Waals surface area (Å²) in [5.41, 5.74) is 1.55. The minimum absolute atomic E-state index is 0.757. The predicted octanol–water partition coefficient (Wildman–Crippen LogP) is 4.35. The first-order chi connectivity index (χ1) is 7.05. The smallest absolute Gasteiger partial charge is 0.0150 e. The van der Waals surface area contributed by atoms with Crippen molar-refractivity contribution in [1.29, 1.82) is 0 Å². The normalized spacial score (nSPS) is 62.2. The lowest BCUT2D eigenvalue weighted by molar-refractivity contribution is -0.0418. The van der Waals surface area contributed by atoms with Crippen molar-refractivity contribution in [3.63, 3.8) is 0 Å². The van der Waals surface area contributed by atoms with Crippen LogP contribution in [0.25, 0.3) is 0 Å². The molecule has 0 spiro atoms. The number of hydrogen-bond donors (Lipinski definition) is 0. The van der Waals surface area contributed by atoms with Gasteiger partial charge in [0.15, 0.2) is 0 Å². The molecule has 0 N–H and O–H groups in total. The quantitative estimate of drug-likeness (QED) is 0.644. The van der Waals surface area contributed by atoms with Crippen molar-refractivity contribution in [1.82, 2.24) is 0 Å². The van der Waals surface area contributed by atoms with Gasteiger partial charge in [0.25, 0.3) is 0 Å². The zero-order chi connectivity index (χ0) is 11.0. The Kier molecular flexibility index (Phi) is 1.78. The van der Waals surface area contributed by atoms with E-state index in [1.54, 1.807) is 6.42 Å². The van der Waals surface area contributed by atoms with E-state index in [1.165, 1.54) is 12.8 Å². The molecule has 0 saturated heterocycles. The largest absolute Gasteiger partial charge is 0.0651 e. The summed E-state index contributed by atoms with van der Waals surface area (Å²) in [7, 11) is 0. The molecule has 0 aliphatic heterocycles. The third kappa shape index (κ3) is 0.746. The van der Waals surface area contributed by atoms with Crippen molar-refractivity contribution in [2.45, 2.75) is 53.9 Å². The van der Waals surface area contributed by atoms with Gasteiger partial charge >= 0.3 is 0 Å². The predicted molar refractivity (Wildman–Crippen MR) is 64.5 cm³/mol. The Bertz CT molecular complexity index is 294. The SMILES string of the molecule is CCC1CC2(C)C3C1C(C)C32C(C)CC. The van der Waals surface area contributed by atoms with Gasteiger partial charge in [0.1, 0.15) is 0 Å². The highest BCUT2D eigenvalue weighted by Gasteiger charge is 2.90. The first kappa shape index (κ1) is 10.2. The Labute approximate surface area is 94.8 Å². The van der Waals surface area contributed by atoms with Crippen molar-refractivity contribution < 1.29 is 0 Å². The second-order valence-corrected chi connectivity index (χ2v) is 6.88. The van der Waals surface area contributed by atoms with E-state index in [1.807, 2.05) is 0 Å². The van der Waals surface area contributed by atoms with Crippen LogP contribution < -0.4 is 0 Å². The molecule has 0 amide bonds. The number of hydrogen-bond acceptors (Lipinski definition) is 0. The standard InChI is InChI=1S/C15H26/c1-6-9(3)15-10(4)12-11(7-2)8-14(15,5)13(12)15/h9-13H,6-8H2,1-5H3. The fourth-order valence-electron chi connectivity index (χ4n) is 6.55. The molecule has 0 nitrogen and oxygen atoms in total. The zero-order valence-electron chi connectivity index (χ0n) is 11.0. The maximum Gasteiger partial charge on any atom is -0.0150 e. The lowest BCUT2D eigenvalue weighted by atomic mass is 9.53. The van der Waals surface area contributed by atoms with Crippen molar-refractivity contribution in [3.8, 4) is 0 Å².